The summed E-state index contributed by atoms with van der Waals surface area (Å²) in [6.07, 6.45) is 5.96. The second-order valence-corrected chi connectivity index (χ2v) is 10.9. The first-order valence-corrected chi connectivity index (χ1v) is 14.1. The van der Waals surface area contributed by atoms with Gasteiger partial charge in [0.2, 0.25) is 0 Å². The molecule has 5 heteroatoms. The molecule has 0 aliphatic heterocycles. The Labute approximate surface area is 236 Å². The molecular weight excluding hydrogens is 496 g/mol. The SMILES string of the molecule is [C-]#[N+]c1ccccc1-c1cc(COCC(N)(CC)Cc2ccccc2)cc(C(=O)C2CCCC2c2ccco2)c1. The van der Waals surface area contributed by atoms with Crippen LogP contribution in [-0.4, -0.2) is 17.9 Å². The molecule has 0 saturated heterocycles. The van der Waals surface area contributed by atoms with Gasteiger partial charge in [0.05, 0.1) is 26.0 Å². The lowest BCUT2D eigenvalue weighted by Gasteiger charge is -2.28. The number of furan rings is 1. The van der Waals surface area contributed by atoms with Gasteiger partial charge in [0.25, 0.3) is 0 Å². The van der Waals surface area contributed by atoms with Gasteiger partial charge in [-0.3, -0.25) is 4.79 Å². The average Bonchev–Trinajstić information content (AvgIpc) is 3.70. The fourth-order valence-electron chi connectivity index (χ4n) is 5.87. The average molecular weight is 533 g/mol. The van der Waals surface area contributed by atoms with Crippen LogP contribution in [0.2, 0.25) is 0 Å². The predicted molar refractivity (Wildman–Crippen MR) is 158 cm³/mol. The Hall–Kier alpha value is -3.98. The first-order valence-electron chi connectivity index (χ1n) is 14.1. The lowest BCUT2D eigenvalue weighted by molar-refractivity contribution is 0.0710. The number of benzene rings is 3. The molecule has 1 heterocycles. The van der Waals surface area contributed by atoms with Crippen molar-refractivity contribution in [1.29, 1.82) is 0 Å². The van der Waals surface area contributed by atoms with Crippen molar-refractivity contribution in [3.63, 3.8) is 0 Å². The van der Waals surface area contributed by atoms with Crippen molar-refractivity contribution in [2.24, 2.45) is 11.7 Å². The molecule has 3 atom stereocenters. The van der Waals surface area contributed by atoms with Gasteiger partial charge in [-0.15, -0.1) is 0 Å². The molecule has 0 bridgehead atoms. The molecule has 204 valence electrons. The number of ketones is 1. The molecule has 4 aromatic rings. The van der Waals surface area contributed by atoms with Gasteiger partial charge in [-0.05, 0) is 72.2 Å². The lowest BCUT2D eigenvalue weighted by atomic mass is 9.85. The van der Waals surface area contributed by atoms with Crippen LogP contribution in [0.5, 0.6) is 0 Å². The molecule has 0 radical (unpaired) electrons. The van der Waals surface area contributed by atoms with Crippen LogP contribution >= 0.6 is 0 Å². The fourth-order valence-corrected chi connectivity index (χ4v) is 5.87. The van der Waals surface area contributed by atoms with Crippen LogP contribution in [0.3, 0.4) is 0 Å². The van der Waals surface area contributed by atoms with Gasteiger partial charge in [0.15, 0.2) is 11.5 Å². The van der Waals surface area contributed by atoms with E-state index < -0.39 is 5.54 Å². The van der Waals surface area contributed by atoms with E-state index in [9.17, 15) is 4.79 Å². The maximum absolute atomic E-state index is 14.0. The summed E-state index contributed by atoms with van der Waals surface area (Å²) in [5, 5.41) is 0. The highest BCUT2D eigenvalue weighted by molar-refractivity contribution is 6.00. The van der Waals surface area contributed by atoms with Crippen LogP contribution in [0.15, 0.2) is 95.6 Å². The first kappa shape index (κ1) is 27.6. The molecule has 3 unspecified atom stereocenters. The van der Waals surface area contributed by atoms with E-state index in [0.717, 1.165) is 54.6 Å². The Morgan fingerprint density at radius 2 is 1.82 bits per heavy atom. The van der Waals surface area contributed by atoms with Gasteiger partial charge in [0.1, 0.15) is 5.76 Å². The monoisotopic (exact) mass is 532 g/mol. The van der Waals surface area contributed by atoms with Crippen molar-refractivity contribution in [2.75, 3.05) is 6.61 Å². The zero-order valence-corrected chi connectivity index (χ0v) is 23.0. The molecule has 5 nitrogen and oxygen atoms in total. The number of nitrogens with two attached hydrogens (primary N) is 1. The van der Waals surface area contributed by atoms with Gasteiger partial charge in [-0.1, -0.05) is 74.0 Å². The minimum Gasteiger partial charge on any atom is -0.469 e. The molecule has 1 aliphatic rings. The normalized spacial score (nSPS) is 18.2. The molecule has 1 saturated carbocycles. The zero-order chi connectivity index (χ0) is 28.0. The topological polar surface area (TPSA) is 69.8 Å². The van der Waals surface area contributed by atoms with E-state index in [-0.39, 0.29) is 17.6 Å². The smallest absolute Gasteiger partial charge is 0.194 e. The van der Waals surface area contributed by atoms with Crippen LogP contribution in [0.4, 0.5) is 5.69 Å². The number of carbonyl (C=O) groups excluding carboxylic acids is 1. The number of nitrogens with zero attached hydrogens (tertiary/aromatic N) is 1. The number of para-hydroxylation sites is 1. The summed E-state index contributed by atoms with van der Waals surface area (Å²) < 4.78 is 11.9. The Balaban J connectivity index is 1.41. The van der Waals surface area contributed by atoms with Crippen LogP contribution in [0.1, 0.15) is 65.8 Å². The van der Waals surface area contributed by atoms with Crippen LogP contribution < -0.4 is 5.73 Å². The van der Waals surface area contributed by atoms with Gasteiger partial charge < -0.3 is 14.9 Å². The zero-order valence-electron chi connectivity index (χ0n) is 23.0. The van der Waals surface area contributed by atoms with Crippen molar-refractivity contribution in [2.45, 2.75) is 57.1 Å². The minimum atomic E-state index is -0.492. The number of Topliss-reactive ketones (excluding diaryl/α,β-unsaturated/α-hetero) is 1. The molecule has 5 rings (SSSR count). The number of ether oxygens (including phenoxy) is 1. The number of hydrogen-bond acceptors (Lipinski definition) is 4. The Morgan fingerprint density at radius 1 is 1.02 bits per heavy atom. The maximum Gasteiger partial charge on any atom is 0.194 e. The number of rotatable bonds is 11. The molecule has 2 N–H and O–H groups in total. The summed E-state index contributed by atoms with van der Waals surface area (Å²) in [4.78, 5) is 17.7. The Morgan fingerprint density at radius 3 is 2.58 bits per heavy atom. The molecular formula is C35H36N2O3. The lowest BCUT2D eigenvalue weighted by Crippen LogP contribution is -2.46. The summed E-state index contributed by atoms with van der Waals surface area (Å²) >= 11 is 0. The number of hydrogen-bond donors (Lipinski definition) is 1. The molecule has 1 fully saturated rings. The second kappa shape index (κ2) is 12.5. The highest BCUT2D eigenvalue weighted by atomic mass is 16.5. The van der Waals surface area contributed by atoms with Gasteiger partial charge in [0, 0.05) is 22.9 Å². The van der Waals surface area contributed by atoms with Gasteiger partial charge in [-0.2, -0.15) is 0 Å². The van der Waals surface area contributed by atoms with Crippen LogP contribution in [0.25, 0.3) is 16.0 Å². The van der Waals surface area contributed by atoms with Crippen molar-refractivity contribution in [1.82, 2.24) is 0 Å². The molecule has 1 aliphatic carbocycles. The van der Waals surface area contributed by atoms with Gasteiger partial charge >= 0.3 is 0 Å². The first-order chi connectivity index (χ1) is 19.5. The summed E-state index contributed by atoms with van der Waals surface area (Å²) in [6.45, 7) is 10.5. The fraction of sp³-hybridized carbons (Fsp3) is 0.314. The Bertz CT molecular complexity index is 1470. The highest BCUT2D eigenvalue weighted by Gasteiger charge is 2.36. The predicted octanol–water partition coefficient (Wildman–Crippen LogP) is 8.13. The van der Waals surface area contributed by atoms with E-state index in [1.807, 2.05) is 72.8 Å². The van der Waals surface area contributed by atoms with Crippen molar-refractivity contribution >= 4 is 11.5 Å². The van der Waals surface area contributed by atoms with E-state index in [2.05, 4.69) is 23.9 Å². The second-order valence-electron chi connectivity index (χ2n) is 10.9. The van der Waals surface area contributed by atoms with E-state index in [1.165, 1.54) is 5.56 Å². The third-order valence-electron chi connectivity index (χ3n) is 8.14. The summed E-state index contributed by atoms with van der Waals surface area (Å²) in [5.74, 6) is 0.954. The van der Waals surface area contributed by atoms with Crippen molar-refractivity contribution in [3.05, 3.63) is 125 Å². The molecule has 0 amide bonds. The maximum atomic E-state index is 14.0. The third kappa shape index (κ3) is 6.25. The highest BCUT2D eigenvalue weighted by Crippen LogP contribution is 2.42. The van der Waals surface area contributed by atoms with E-state index >= 15 is 0 Å². The quantitative estimate of drug-likeness (QED) is 0.156. The summed E-state index contributed by atoms with van der Waals surface area (Å²) in [7, 11) is 0. The molecule has 40 heavy (non-hydrogen) atoms. The summed E-state index contributed by atoms with van der Waals surface area (Å²) in [5.41, 5.74) is 11.2. The summed E-state index contributed by atoms with van der Waals surface area (Å²) in [6, 6.07) is 27.5. The molecule has 3 aromatic carbocycles. The molecule has 1 aromatic heterocycles. The number of carbonyl (C=O) groups is 1. The standard InChI is InChI=1S/C35H36N2O3/c1-3-35(36,22-25-11-5-4-6-12-25)24-39-23-26-19-27(29-13-7-8-16-32(29)37-2)21-28(20-26)34(38)31-15-9-14-30(31)33-17-10-18-40-33/h4-8,10-13,16-21,30-31H,3,9,14-15,22-24,36H2,1H3. The van der Waals surface area contributed by atoms with E-state index in [0.29, 0.717) is 24.5 Å². The van der Waals surface area contributed by atoms with Crippen LogP contribution in [0, 0.1) is 12.5 Å². The van der Waals surface area contributed by atoms with E-state index in [4.69, 9.17) is 21.5 Å². The van der Waals surface area contributed by atoms with Crippen LogP contribution in [-0.2, 0) is 17.8 Å². The van der Waals surface area contributed by atoms with Crippen molar-refractivity contribution in [3.8, 4) is 11.1 Å². The van der Waals surface area contributed by atoms with Gasteiger partial charge in [-0.25, -0.2) is 4.85 Å². The third-order valence-corrected chi connectivity index (χ3v) is 8.14. The molecule has 0 spiro atoms. The van der Waals surface area contributed by atoms with E-state index in [1.54, 1.807) is 6.26 Å². The Kier molecular flexibility index (Phi) is 8.60. The largest absolute Gasteiger partial charge is 0.469 e. The minimum absolute atomic E-state index is 0.0850. The van der Waals surface area contributed by atoms with Crippen molar-refractivity contribution < 1.29 is 13.9 Å².